The van der Waals surface area contributed by atoms with Crippen LogP contribution in [-0.4, -0.2) is 21.9 Å². The van der Waals surface area contributed by atoms with Crippen molar-refractivity contribution in [2.24, 2.45) is 5.41 Å². The summed E-state index contributed by atoms with van der Waals surface area (Å²) in [5.74, 6) is 0. The number of rotatable bonds is 3. The minimum Gasteiger partial charge on any atom is -0.390 e. The highest BCUT2D eigenvalue weighted by Crippen LogP contribution is 2.36. The van der Waals surface area contributed by atoms with Crippen molar-refractivity contribution in [3.8, 4) is 0 Å². The van der Waals surface area contributed by atoms with Crippen molar-refractivity contribution in [1.29, 1.82) is 0 Å². The van der Waals surface area contributed by atoms with Gasteiger partial charge in [-0.25, -0.2) is 0 Å². The average molecular weight is 160 g/mol. The van der Waals surface area contributed by atoms with Gasteiger partial charge in [-0.2, -0.15) is 0 Å². The Morgan fingerprint density at radius 3 is 1.73 bits per heavy atom. The van der Waals surface area contributed by atoms with Gasteiger partial charge in [-0.1, -0.05) is 20.8 Å². The number of aliphatic hydroxyl groups excluding tert-OH is 1. The minimum absolute atomic E-state index is 0.235. The fraction of sp³-hybridized carbons (Fsp3) is 1.00. The zero-order valence-electron chi connectivity index (χ0n) is 8.18. The van der Waals surface area contributed by atoms with Gasteiger partial charge in [0.25, 0.3) is 0 Å². The zero-order valence-corrected chi connectivity index (χ0v) is 8.18. The molecule has 0 radical (unpaired) electrons. The van der Waals surface area contributed by atoms with Gasteiger partial charge in [0.05, 0.1) is 11.7 Å². The molecule has 0 amide bonds. The molecule has 2 unspecified atom stereocenters. The molecule has 2 nitrogen and oxygen atoms in total. The molecule has 0 aromatic carbocycles. The highest BCUT2D eigenvalue weighted by atomic mass is 16.3. The predicted octanol–water partition coefficient (Wildman–Crippen LogP) is 1.55. The van der Waals surface area contributed by atoms with E-state index in [1.807, 2.05) is 20.8 Å². The lowest BCUT2D eigenvalue weighted by Crippen LogP contribution is -2.49. The van der Waals surface area contributed by atoms with Gasteiger partial charge < -0.3 is 10.2 Å². The summed E-state index contributed by atoms with van der Waals surface area (Å²) in [6.07, 6.45) is 0.169. The van der Waals surface area contributed by atoms with Crippen molar-refractivity contribution < 1.29 is 10.2 Å². The molecular formula is C9H20O2. The third-order valence-electron chi connectivity index (χ3n) is 3.07. The topological polar surface area (TPSA) is 40.5 Å². The normalized spacial score (nSPS) is 21.0. The van der Waals surface area contributed by atoms with Crippen molar-refractivity contribution >= 4 is 0 Å². The van der Waals surface area contributed by atoms with Crippen molar-refractivity contribution in [3.63, 3.8) is 0 Å². The molecular weight excluding hydrogens is 140 g/mol. The first kappa shape index (κ1) is 10.9. The van der Waals surface area contributed by atoms with E-state index < -0.39 is 11.7 Å². The Kier molecular flexibility index (Phi) is 3.09. The monoisotopic (exact) mass is 160 g/mol. The highest BCUT2D eigenvalue weighted by molar-refractivity contribution is 4.92. The molecule has 0 saturated heterocycles. The molecule has 2 atom stereocenters. The van der Waals surface area contributed by atoms with E-state index in [-0.39, 0.29) is 5.41 Å². The van der Waals surface area contributed by atoms with E-state index in [4.69, 9.17) is 0 Å². The molecule has 0 heterocycles. The average Bonchev–Trinajstić information content (AvgIpc) is 1.87. The quantitative estimate of drug-likeness (QED) is 0.657. The lowest BCUT2D eigenvalue weighted by Gasteiger charge is -2.41. The zero-order chi connectivity index (χ0) is 9.28. The third-order valence-corrected chi connectivity index (χ3v) is 3.07. The fourth-order valence-corrected chi connectivity index (χ4v) is 0.923. The van der Waals surface area contributed by atoms with Crippen molar-refractivity contribution in [2.45, 2.75) is 52.7 Å². The first-order chi connectivity index (χ1) is 4.75. The van der Waals surface area contributed by atoms with Gasteiger partial charge in [0.2, 0.25) is 0 Å². The minimum atomic E-state index is -0.998. The Labute approximate surface area is 69.2 Å². The van der Waals surface area contributed by atoms with E-state index >= 15 is 0 Å². The van der Waals surface area contributed by atoms with Crippen LogP contribution >= 0.6 is 0 Å². The molecule has 2 N–H and O–H groups in total. The summed E-state index contributed by atoms with van der Waals surface area (Å²) in [5.41, 5.74) is -1.23. The van der Waals surface area contributed by atoms with Crippen LogP contribution in [0, 0.1) is 5.41 Å². The van der Waals surface area contributed by atoms with Crippen LogP contribution in [0.3, 0.4) is 0 Å². The number of hydrogen-bond donors (Lipinski definition) is 2. The maximum absolute atomic E-state index is 9.87. The van der Waals surface area contributed by atoms with Gasteiger partial charge in [0.1, 0.15) is 0 Å². The standard InChI is InChI=1S/C9H20O2/c1-6-8(3,4)9(5,11)7(2)10/h7,10-11H,6H2,1-5H3. The molecule has 0 fully saturated rings. The summed E-state index contributed by atoms with van der Waals surface area (Å²) in [7, 11) is 0. The summed E-state index contributed by atoms with van der Waals surface area (Å²) in [6, 6.07) is 0. The predicted molar refractivity (Wildman–Crippen MR) is 46.4 cm³/mol. The summed E-state index contributed by atoms with van der Waals surface area (Å²) >= 11 is 0. The Morgan fingerprint density at radius 1 is 1.27 bits per heavy atom. The molecule has 0 spiro atoms. The van der Waals surface area contributed by atoms with E-state index in [1.165, 1.54) is 0 Å². The first-order valence-corrected chi connectivity index (χ1v) is 4.16. The van der Waals surface area contributed by atoms with E-state index in [0.717, 1.165) is 6.42 Å². The summed E-state index contributed by atoms with van der Waals surface area (Å²) in [5, 5.41) is 19.2. The Morgan fingerprint density at radius 2 is 1.64 bits per heavy atom. The van der Waals surface area contributed by atoms with Crippen LogP contribution < -0.4 is 0 Å². The van der Waals surface area contributed by atoms with Gasteiger partial charge in [0.15, 0.2) is 0 Å². The molecule has 0 aromatic heterocycles. The summed E-state index contributed by atoms with van der Waals surface area (Å²) in [4.78, 5) is 0. The second-order valence-corrected chi connectivity index (χ2v) is 4.06. The summed E-state index contributed by atoms with van der Waals surface area (Å²) < 4.78 is 0. The van der Waals surface area contributed by atoms with Crippen LogP contribution in [0.15, 0.2) is 0 Å². The second-order valence-electron chi connectivity index (χ2n) is 4.06. The molecule has 0 aliphatic rings. The second kappa shape index (κ2) is 3.11. The molecule has 0 aliphatic heterocycles. The van der Waals surface area contributed by atoms with Crippen LogP contribution in [0.1, 0.15) is 41.0 Å². The Balaban J connectivity index is 4.53. The van der Waals surface area contributed by atoms with E-state index in [2.05, 4.69) is 0 Å². The van der Waals surface area contributed by atoms with Crippen molar-refractivity contribution in [2.75, 3.05) is 0 Å². The Bertz CT molecular complexity index is 126. The van der Waals surface area contributed by atoms with Crippen LogP contribution in [0.25, 0.3) is 0 Å². The van der Waals surface area contributed by atoms with Gasteiger partial charge >= 0.3 is 0 Å². The smallest absolute Gasteiger partial charge is 0.0925 e. The molecule has 68 valence electrons. The van der Waals surface area contributed by atoms with Gasteiger partial charge in [-0.3, -0.25) is 0 Å². The lowest BCUT2D eigenvalue weighted by molar-refractivity contribution is -0.129. The number of hydrogen-bond acceptors (Lipinski definition) is 2. The van der Waals surface area contributed by atoms with Crippen LogP contribution in [-0.2, 0) is 0 Å². The summed E-state index contributed by atoms with van der Waals surface area (Å²) in [6.45, 7) is 9.23. The van der Waals surface area contributed by atoms with Crippen molar-refractivity contribution in [1.82, 2.24) is 0 Å². The van der Waals surface area contributed by atoms with E-state index in [1.54, 1.807) is 13.8 Å². The molecule has 2 heteroatoms. The van der Waals surface area contributed by atoms with Gasteiger partial charge in [-0.15, -0.1) is 0 Å². The molecule has 0 aromatic rings. The highest BCUT2D eigenvalue weighted by Gasteiger charge is 2.41. The number of aliphatic hydroxyl groups is 2. The van der Waals surface area contributed by atoms with E-state index in [9.17, 15) is 10.2 Å². The third kappa shape index (κ3) is 1.94. The maximum Gasteiger partial charge on any atom is 0.0925 e. The van der Waals surface area contributed by atoms with Gasteiger partial charge in [-0.05, 0) is 25.7 Å². The fourth-order valence-electron chi connectivity index (χ4n) is 0.923. The van der Waals surface area contributed by atoms with Gasteiger partial charge in [0, 0.05) is 0 Å². The van der Waals surface area contributed by atoms with Crippen LogP contribution in [0.4, 0.5) is 0 Å². The maximum atomic E-state index is 9.87. The molecule has 0 bridgehead atoms. The van der Waals surface area contributed by atoms with E-state index in [0.29, 0.717) is 0 Å². The largest absolute Gasteiger partial charge is 0.390 e. The molecule has 11 heavy (non-hydrogen) atoms. The first-order valence-electron chi connectivity index (χ1n) is 4.16. The molecule has 0 saturated carbocycles. The molecule has 0 rings (SSSR count). The SMILES string of the molecule is CCC(C)(C)C(C)(O)C(C)O. The van der Waals surface area contributed by atoms with Crippen LogP contribution in [0.2, 0.25) is 0 Å². The van der Waals surface area contributed by atoms with Crippen LogP contribution in [0.5, 0.6) is 0 Å². The lowest BCUT2D eigenvalue weighted by atomic mass is 9.71. The Hall–Kier alpha value is -0.0800. The van der Waals surface area contributed by atoms with Crippen molar-refractivity contribution in [3.05, 3.63) is 0 Å². The molecule has 0 aliphatic carbocycles.